The van der Waals surface area contributed by atoms with Crippen LogP contribution in [0.3, 0.4) is 0 Å². The van der Waals surface area contributed by atoms with Gasteiger partial charge in [0, 0.05) is 18.7 Å². The number of hydrogen-bond donors (Lipinski definition) is 1. The summed E-state index contributed by atoms with van der Waals surface area (Å²) in [7, 11) is 1.94. The van der Waals surface area contributed by atoms with Crippen molar-refractivity contribution in [1.29, 1.82) is 0 Å². The number of aliphatic hydroxyl groups is 1. The normalized spacial score (nSPS) is 19.4. The van der Waals surface area contributed by atoms with Gasteiger partial charge in [-0.05, 0) is 37.2 Å². The quantitative estimate of drug-likeness (QED) is 0.900. The molecule has 1 aromatic carbocycles. The molecule has 0 aromatic heterocycles. The van der Waals surface area contributed by atoms with Crippen LogP contribution in [0, 0.1) is 11.2 Å². The Morgan fingerprint density at radius 3 is 2.53 bits per heavy atom. The molecule has 0 radical (unpaired) electrons. The van der Waals surface area contributed by atoms with E-state index in [0.717, 1.165) is 12.8 Å². The van der Waals surface area contributed by atoms with Gasteiger partial charge in [0.05, 0.1) is 12.3 Å². The summed E-state index contributed by atoms with van der Waals surface area (Å²) in [5.41, 5.74) is 1.65. The third-order valence-electron chi connectivity index (χ3n) is 4.45. The lowest BCUT2D eigenvalue weighted by Crippen LogP contribution is -2.38. The monoisotopic (exact) mass is 265 g/mol. The molecule has 3 heteroatoms. The minimum Gasteiger partial charge on any atom is -0.392 e. The molecular formula is C16H24FNO. The summed E-state index contributed by atoms with van der Waals surface area (Å²) in [4.78, 5) is 2.02. The molecule has 1 N–H and O–H groups in total. The Kier molecular flexibility index (Phi) is 4.14. The van der Waals surface area contributed by atoms with E-state index in [1.54, 1.807) is 12.1 Å². The molecule has 1 aliphatic rings. The van der Waals surface area contributed by atoms with E-state index in [1.165, 1.54) is 18.9 Å². The number of halogens is 1. The second kappa shape index (κ2) is 5.49. The second-order valence-corrected chi connectivity index (χ2v) is 6.41. The standard InChI is InChI=1S/C16H24FNO/c1-16(2)9-7-13(8-10-16)18(3)15-12(11-19)5-4-6-14(15)17/h4-6,13,19H,7-11H2,1-3H3. The minimum atomic E-state index is -0.237. The molecule has 0 amide bonds. The molecule has 0 unspecified atom stereocenters. The summed E-state index contributed by atoms with van der Waals surface area (Å²) >= 11 is 0. The fourth-order valence-corrected chi connectivity index (χ4v) is 3.04. The highest BCUT2D eigenvalue weighted by molar-refractivity contribution is 5.55. The zero-order valence-electron chi connectivity index (χ0n) is 12.1. The van der Waals surface area contributed by atoms with Crippen LogP contribution in [-0.2, 0) is 6.61 Å². The smallest absolute Gasteiger partial charge is 0.146 e. The summed E-state index contributed by atoms with van der Waals surface area (Å²) in [5.74, 6) is -0.237. The fourth-order valence-electron chi connectivity index (χ4n) is 3.04. The number of aliphatic hydroxyl groups excluding tert-OH is 1. The van der Waals surface area contributed by atoms with Crippen molar-refractivity contribution < 1.29 is 9.50 Å². The van der Waals surface area contributed by atoms with Gasteiger partial charge in [0.15, 0.2) is 0 Å². The SMILES string of the molecule is CN(c1c(F)cccc1CO)C1CCC(C)(C)CC1. The molecule has 1 fully saturated rings. The number of para-hydroxylation sites is 1. The van der Waals surface area contributed by atoms with E-state index in [2.05, 4.69) is 13.8 Å². The summed E-state index contributed by atoms with van der Waals surface area (Å²) in [6, 6.07) is 5.29. The van der Waals surface area contributed by atoms with Crippen molar-refractivity contribution in [2.75, 3.05) is 11.9 Å². The Balaban J connectivity index is 2.18. The first-order valence-corrected chi connectivity index (χ1v) is 7.06. The maximum Gasteiger partial charge on any atom is 0.146 e. The van der Waals surface area contributed by atoms with Crippen molar-refractivity contribution >= 4 is 5.69 Å². The highest BCUT2D eigenvalue weighted by Gasteiger charge is 2.30. The van der Waals surface area contributed by atoms with Gasteiger partial charge in [-0.15, -0.1) is 0 Å². The number of nitrogens with zero attached hydrogens (tertiary/aromatic N) is 1. The maximum absolute atomic E-state index is 14.0. The van der Waals surface area contributed by atoms with Gasteiger partial charge in [-0.1, -0.05) is 26.0 Å². The molecule has 1 aromatic rings. The number of rotatable bonds is 3. The zero-order valence-corrected chi connectivity index (χ0v) is 12.1. The summed E-state index contributed by atoms with van der Waals surface area (Å²) in [6.45, 7) is 4.48. The Morgan fingerprint density at radius 1 is 1.32 bits per heavy atom. The lowest BCUT2D eigenvalue weighted by atomic mass is 9.75. The third kappa shape index (κ3) is 3.08. The van der Waals surface area contributed by atoms with Crippen molar-refractivity contribution in [2.45, 2.75) is 52.2 Å². The lowest BCUT2D eigenvalue weighted by Gasteiger charge is -2.40. The Labute approximate surface area is 115 Å². The molecule has 2 nitrogen and oxygen atoms in total. The van der Waals surface area contributed by atoms with Gasteiger partial charge >= 0.3 is 0 Å². The average Bonchev–Trinajstić information content (AvgIpc) is 2.37. The maximum atomic E-state index is 14.0. The van der Waals surface area contributed by atoms with Gasteiger partial charge in [0.2, 0.25) is 0 Å². The molecule has 0 bridgehead atoms. The summed E-state index contributed by atoms with van der Waals surface area (Å²) in [6.07, 6.45) is 4.52. The van der Waals surface area contributed by atoms with Crippen molar-refractivity contribution in [1.82, 2.24) is 0 Å². The molecule has 19 heavy (non-hydrogen) atoms. The van der Waals surface area contributed by atoms with Crippen LogP contribution in [0.5, 0.6) is 0 Å². The zero-order chi connectivity index (χ0) is 14.0. The van der Waals surface area contributed by atoms with Crippen LogP contribution in [0.1, 0.15) is 45.1 Å². The highest BCUT2D eigenvalue weighted by Crippen LogP contribution is 2.38. The van der Waals surface area contributed by atoms with E-state index < -0.39 is 0 Å². The van der Waals surface area contributed by atoms with E-state index in [-0.39, 0.29) is 12.4 Å². The Morgan fingerprint density at radius 2 is 1.95 bits per heavy atom. The van der Waals surface area contributed by atoms with E-state index >= 15 is 0 Å². The predicted octanol–water partition coefficient (Wildman–Crippen LogP) is 3.72. The largest absolute Gasteiger partial charge is 0.392 e. The lowest BCUT2D eigenvalue weighted by molar-refractivity contribution is 0.221. The summed E-state index contributed by atoms with van der Waals surface area (Å²) < 4.78 is 14.0. The van der Waals surface area contributed by atoms with Gasteiger partial charge in [-0.2, -0.15) is 0 Å². The summed E-state index contributed by atoms with van der Waals surface area (Å²) in [5, 5.41) is 9.38. The molecule has 106 valence electrons. The van der Waals surface area contributed by atoms with Crippen LogP contribution < -0.4 is 4.90 Å². The van der Waals surface area contributed by atoms with Gasteiger partial charge in [-0.3, -0.25) is 0 Å². The van der Waals surface area contributed by atoms with Crippen LogP contribution in [0.4, 0.5) is 10.1 Å². The topological polar surface area (TPSA) is 23.5 Å². The van der Waals surface area contributed by atoms with Crippen molar-refractivity contribution in [2.24, 2.45) is 5.41 Å². The van der Waals surface area contributed by atoms with Crippen molar-refractivity contribution in [3.63, 3.8) is 0 Å². The van der Waals surface area contributed by atoms with E-state index in [4.69, 9.17) is 0 Å². The molecule has 0 aliphatic heterocycles. The Bertz CT molecular complexity index is 434. The first-order valence-electron chi connectivity index (χ1n) is 7.06. The van der Waals surface area contributed by atoms with Gasteiger partial charge in [0.25, 0.3) is 0 Å². The molecule has 0 spiro atoms. The number of benzene rings is 1. The second-order valence-electron chi connectivity index (χ2n) is 6.41. The number of hydrogen-bond acceptors (Lipinski definition) is 2. The fraction of sp³-hybridized carbons (Fsp3) is 0.625. The van der Waals surface area contributed by atoms with Gasteiger partial charge in [0.1, 0.15) is 5.82 Å². The third-order valence-corrected chi connectivity index (χ3v) is 4.45. The molecule has 2 rings (SSSR count). The molecule has 0 heterocycles. The van der Waals surface area contributed by atoms with Crippen LogP contribution in [0.2, 0.25) is 0 Å². The highest BCUT2D eigenvalue weighted by atomic mass is 19.1. The van der Waals surface area contributed by atoms with E-state index in [9.17, 15) is 9.50 Å². The molecule has 1 saturated carbocycles. The first kappa shape index (κ1) is 14.3. The van der Waals surface area contributed by atoms with E-state index in [1.807, 2.05) is 11.9 Å². The van der Waals surface area contributed by atoms with Crippen LogP contribution in [0.15, 0.2) is 18.2 Å². The van der Waals surface area contributed by atoms with Crippen molar-refractivity contribution in [3.8, 4) is 0 Å². The molecule has 0 saturated heterocycles. The van der Waals surface area contributed by atoms with E-state index in [0.29, 0.717) is 22.7 Å². The van der Waals surface area contributed by atoms with Crippen LogP contribution in [0.25, 0.3) is 0 Å². The molecular weight excluding hydrogens is 241 g/mol. The first-order chi connectivity index (χ1) is 8.94. The molecule has 1 aliphatic carbocycles. The van der Waals surface area contributed by atoms with Gasteiger partial charge < -0.3 is 10.0 Å². The Hall–Kier alpha value is -1.09. The van der Waals surface area contributed by atoms with Gasteiger partial charge in [-0.25, -0.2) is 4.39 Å². The average molecular weight is 265 g/mol. The van der Waals surface area contributed by atoms with Crippen LogP contribution >= 0.6 is 0 Å². The van der Waals surface area contributed by atoms with Crippen molar-refractivity contribution in [3.05, 3.63) is 29.6 Å². The minimum absolute atomic E-state index is 0.115. The van der Waals surface area contributed by atoms with Crippen LogP contribution in [-0.4, -0.2) is 18.2 Å². The predicted molar refractivity (Wildman–Crippen MR) is 76.8 cm³/mol. The molecule has 0 atom stereocenters. The number of anilines is 1.